The van der Waals surface area contributed by atoms with Gasteiger partial charge in [-0.1, -0.05) is 25.6 Å². The van der Waals surface area contributed by atoms with Crippen LogP contribution in [-0.4, -0.2) is 30.8 Å². The van der Waals surface area contributed by atoms with Crippen LogP contribution in [0.25, 0.3) is 0 Å². The number of hydrogen-bond donors (Lipinski definition) is 1. The van der Waals surface area contributed by atoms with Gasteiger partial charge in [0.2, 0.25) is 0 Å². The number of ether oxygens (including phenoxy) is 1. The van der Waals surface area contributed by atoms with Crippen LogP contribution in [0.5, 0.6) is 0 Å². The first-order valence-electron chi connectivity index (χ1n) is 6.77. The number of rotatable bonds is 7. The number of benzene rings is 1. The fourth-order valence-corrected chi connectivity index (χ4v) is 2.36. The van der Waals surface area contributed by atoms with Gasteiger partial charge in [0.15, 0.2) is 0 Å². The highest BCUT2D eigenvalue weighted by Crippen LogP contribution is 2.25. The first-order chi connectivity index (χ1) is 10.3. The number of methoxy groups -OCH3 is 1. The maximum Gasteiger partial charge on any atom is 0.328 e. The largest absolute Gasteiger partial charge is 0.467 e. The summed E-state index contributed by atoms with van der Waals surface area (Å²) in [7, 11) is 1.26. The normalized spacial score (nSPS) is 12.3. The van der Waals surface area contributed by atoms with E-state index in [9.17, 15) is 18.4 Å². The first-order valence-corrected chi connectivity index (χ1v) is 7.65. The SMILES string of the molecule is COC(=O)C(CC(C)C)NC(=O)c1ccc(SC(F)F)cc1. The van der Waals surface area contributed by atoms with Gasteiger partial charge in [-0.25, -0.2) is 4.79 Å². The molecule has 0 spiro atoms. The molecular weight excluding hydrogens is 312 g/mol. The van der Waals surface area contributed by atoms with Crippen LogP contribution in [-0.2, 0) is 9.53 Å². The lowest BCUT2D eigenvalue weighted by Crippen LogP contribution is -2.42. The zero-order valence-corrected chi connectivity index (χ0v) is 13.5. The molecule has 1 rings (SSSR count). The van der Waals surface area contributed by atoms with E-state index in [2.05, 4.69) is 10.1 Å². The molecule has 1 amide bonds. The lowest BCUT2D eigenvalue weighted by Gasteiger charge is -2.18. The predicted octanol–water partition coefficient (Wildman–Crippen LogP) is 3.32. The summed E-state index contributed by atoms with van der Waals surface area (Å²) < 4.78 is 29.1. The monoisotopic (exact) mass is 331 g/mol. The van der Waals surface area contributed by atoms with Crippen LogP contribution >= 0.6 is 11.8 Å². The summed E-state index contributed by atoms with van der Waals surface area (Å²) in [6.07, 6.45) is 0.456. The van der Waals surface area contributed by atoms with E-state index < -0.39 is 23.7 Å². The zero-order valence-electron chi connectivity index (χ0n) is 12.6. The number of halogens is 2. The second-order valence-electron chi connectivity index (χ2n) is 5.08. The summed E-state index contributed by atoms with van der Waals surface area (Å²) in [6, 6.07) is 5.06. The molecule has 0 heterocycles. The molecule has 122 valence electrons. The maximum absolute atomic E-state index is 12.2. The molecule has 7 heteroatoms. The molecular formula is C15H19F2NO3S. The van der Waals surface area contributed by atoms with Gasteiger partial charge in [-0.2, -0.15) is 8.78 Å². The van der Waals surface area contributed by atoms with Gasteiger partial charge in [0.25, 0.3) is 11.7 Å². The highest BCUT2D eigenvalue weighted by atomic mass is 32.2. The van der Waals surface area contributed by atoms with Gasteiger partial charge >= 0.3 is 5.97 Å². The Morgan fingerprint density at radius 2 is 1.82 bits per heavy atom. The van der Waals surface area contributed by atoms with Crippen LogP contribution in [0.4, 0.5) is 8.78 Å². The Morgan fingerprint density at radius 3 is 2.27 bits per heavy atom. The second-order valence-corrected chi connectivity index (χ2v) is 6.15. The molecule has 1 aromatic carbocycles. The van der Waals surface area contributed by atoms with Gasteiger partial charge < -0.3 is 10.1 Å². The Kier molecular flexibility index (Phi) is 7.31. The fraction of sp³-hybridized carbons (Fsp3) is 0.467. The van der Waals surface area contributed by atoms with Crippen molar-refractivity contribution in [2.24, 2.45) is 5.92 Å². The van der Waals surface area contributed by atoms with Crippen molar-refractivity contribution in [3.8, 4) is 0 Å². The smallest absolute Gasteiger partial charge is 0.328 e. The van der Waals surface area contributed by atoms with E-state index in [-0.39, 0.29) is 5.92 Å². The third-order valence-corrected chi connectivity index (χ3v) is 3.56. The minimum atomic E-state index is -2.51. The topological polar surface area (TPSA) is 55.4 Å². The molecule has 0 aliphatic carbocycles. The van der Waals surface area contributed by atoms with E-state index in [0.717, 1.165) is 0 Å². The molecule has 1 aromatic rings. The molecule has 0 aliphatic rings. The average molecular weight is 331 g/mol. The number of nitrogens with one attached hydrogen (secondary N) is 1. The van der Waals surface area contributed by atoms with Gasteiger partial charge in [0.1, 0.15) is 6.04 Å². The van der Waals surface area contributed by atoms with E-state index in [1.54, 1.807) is 0 Å². The molecule has 22 heavy (non-hydrogen) atoms. The molecule has 1 atom stereocenters. The van der Waals surface area contributed by atoms with E-state index in [1.165, 1.54) is 31.4 Å². The molecule has 0 aromatic heterocycles. The molecule has 1 N–H and O–H groups in total. The van der Waals surface area contributed by atoms with Crippen molar-refractivity contribution in [1.29, 1.82) is 0 Å². The van der Waals surface area contributed by atoms with Crippen molar-refractivity contribution in [1.82, 2.24) is 5.32 Å². The summed E-state index contributed by atoms with van der Waals surface area (Å²) in [5.74, 6) is -3.25. The quantitative estimate of drug-likeness (QED) is 0.615. The molecule has 4 nitrogen and oxygen atoms in total. The first kappa shape index (κ1) is 18.4. The van der Waals surface area contributed by atoms with Crippen molar-refractivity contribution in [3.05, 3.63) is 29.8 Å². The number of thioether (sulfide) groups is 1. The summed E-state index contributed by atoms with van der Waals surface area (Å²) >= 11 is 0.411. The third-order valence-electron chi connectivity index (χ3n) is 2.84. The fourth-order valence-electron chi connectivity index (χ4n) is 1.86. The van der Waals surface area contributed by atoms with Crippen molar-refractivity contribution < 1.29 is 23.1 Å². The number of carbonyl (C=O) groups is 2. The minimum Gasteiger partial charge on any atom is -0.467 e. The summed E-state index contributed by atoms with van der Waals surface area (Å²) in [5, 5.41) is 2.61. The molecule has 0 radical (unpaired) electrons. The van der Waals surface area contributed by atoms with Crippen molar-refractivity contribution in [2.75, 3.05) is 7.11 Å². The molecule has 0 fully saturated rings. The predicted molar refractivity (Wildman–Crippen MR) is 81.0 cm³/mol. The zero-order chi connectivity index (χ0) is 16.7. The van der Waals surface area contributed by atoms with E-state index >= 15 is 0 Å². The van der Waals surface area contributed by atoms with Gasteiger partial charge in [0.05, 0.1) is 7.11 Å². The number of hydrogen-bond acceptors (Lipinski definition) is 4. The van der Waals surface area contributed by atoms with Crippen molar-refractivity contribution >= 4 is 23.6 Å². The van der Waals surface area contributed by atoms with Gasteiger partial charge in [-0.15, -0.1) is 0 Å². The summed E-state index contributed by atoms with van der Waals surface area (Å²) in [4.78, 5) is 24.2. The van der Waals surface area contributed by atoms with Gasteiger partial charge in [-0.05, 0) is 36.6 Å². The lowest BCUT2D eigenvalue weighted by atomic mass is 10.0. The lowest BCUT2D eigenvalue weighted by molar-refractivity contribution is -0.143. The number of carbonyl (C=O) groups excluding carboxylic acids is 2. The van der Waals surface area contributed by atoms with Gasteiger partial charge in [-0.3, -0.25) is 4.79 Å². The molecule has 0 saturated heterocycles. The Labute approximate surface area is 132 Å². The Hall–Kier alpha value is -1.63. The Balaban J connectivity index is 2.74. The second kappa shape index (κ2) is 8.73. The molecule has 0 aliphatic heterocycles. The van der Waals surface area contributed by atoms with Crippen molar-refractivity contribution in [3.63, 3.8) is 0 Å². The highest BCUT2D eigenvalue weighted by Gasteiger charge is 2.23. The number of amides is 1. The standard InChI is InChI=1S/C15H19F2NO3S/c1-9(2)8-12(14(20)21-3)18-13(19)10-4-6-11(7-5-10)22-15(16)17/h4-7,9,12,15H,8H2,1-3H3,(H,18,19). The summed E-state index contributed by atoms with van der Waals surface area (Å²) in [6.45, 7) is 3.86. The van der Waals surface area contributed by atoms with Gasteiger partial charge in [0, 0.05) is 10.5 Å². The van der Waals surface area contributed by atoms with E-state index in [1.807, 2.05) is 13.8 Å². The number of alkyl halides is 2. The Bertz CT molecular complexity index is 506. The molecule has 0 saturated carbocycles. The summed E-state index contributed by atoms with van der Waals surface area (Å²) in [5.41, 5.74) is 0.302. The number of esters is 1. The van der Waals surface area contributed by atoms with E-state index in [4.69, 9.17) is 0 Å². The van der Waals surface area contributed by atoms with Crippen LogP contribution in [0.1, 0.15) is 30.6 Å². The molecule has 1 unspecified atom stereocenters. The van der Waals surface area contributed by atoms with Crippen LogP contribution in [0.15, 0.2) is 29.2 Å². The van der Waals surface area contributed by atoms with Crippen LogP contribution in [0, 0.1) is 5.92 Å². The van der Waals surface area contributed by atoms with Crippen molar-refractivity contribution in [2.45, 2.75) is 37.0 Å². The molecule has 0 bridgehead atoms. The third kappa shape index (κ3) is 6.01. The highest BCUT2D eigenvalue weighted by molar-refractivity contribution is 7.99. The minimum absolute atomic E-state index is 0.203. The van der Waals surface area contributed by atoms with Crippen LogP contribution in [0.3, 0.4) is 0 Å². The van der Waals surface area contributed by atoms with Crippen LogP contribution < -0.4 is 5.32 Å². The average Bonchev–Trinajstić information content (AvgIpc) is 2.45. The Morgan fingerprint density at radius 1 is 1.23 bits per heavy atom. The maximum atomic E-state index is 12.2. The van der Waals surface area contributed by atoms with E-state index in [0.29, 0.717) is 28.6 Å². The van der Waals surface area contributed by atoms with Crippen LogP contribution in [0.2, 0.25) is 0 Å².